The summed E-state index contributed by atoms with van der Waals surface area (Å²) in [7, 11) is 0. The maximum absolute atomic E-state index is 6.04. The van der Waals surface area contributed by atoms with Gasteiger partial charge in [-0.25, -0.2) is 0 Å². The molecule has 0 atom stereocenters. The molecule has 0 saturated heterocycles. The van der Waals surface area contributed by atoms with E-state index in [0.29, 0.717) is 19.3 Å². The number of hydrogen-bond acceptors (Lipinski definition) is 3. The SMILES string of the molecule is CCOc1cc(CNC2CCCCCC2)ccc1OCc1ccc(C)cc1. The lowest BCUT2D eigenvalue weighted by atomic mass is 10.1. The second kappa shape index (κ2) is 10.4. The Hall–Kier alpha value is -2.00. The third-order valence-corrected chi connectivity index (χ3v) is 5.27. The fraction of sp³-hybridized carbons (Fsp3) is 0.500. The largest absolute Gasteiger partial charge is 0.490 e. The zero-order valence-corrected chi connectivity index (χ0v) is 16.8. The van der Waals surface area contributed by atoms with Gasteiger partial charge in [0.05, 0.1) is 6.61 Å². The van der Waals surface area contributed by atoms with Crippen molar-refractivity contribution >= 4 is 0 Å². The fourth-order valence-corrected chi connectivity index (χ4v) is 3.64. The van der Waals surface area contributed by atoms with Crippen LogP contribution in [0.2, 0.25) is 0 Å². The van der Waals surface area contributed by atoms with Crippen LogP contribution in [-0.2, 0) is 13.2 Å². The van der Waals surface area contributed by atoms with Crippen LogP contribution in [0.5, 0.6) is 11.5 Å². The molecule has 3 nitrogen and oxygen atoms in total. The van der Waals surface area contributed by atoms with Gasteiger partial charge in [-0.1, -0.05) is 61.6 Å². The minimum Gasteiger partial charge on any atom is -0.490 e. The molecule has 3 rings (SSSR count). The smallest absolute Gasteiger partial charge is 0.161 e. The number of aryl methyl sites for hydroxylation is 1. The summed E-state index contributed by atoms with van der Waals surface area (Å²) in [5, 5.41) is 3.73. The van der Waals surface area contributed by atoms with Crippen LogP contribution in [0.15, 0.2) is 42.5 Å². The molecule has 0 heterocycles. The van der Waals surface area contributed by atoms with Crippen LogP contribution in [0.1, 0.15) is 62.1 Å². The predicted molar refractivity (Wildman–Crippen MR) is 111 cm³/mol. The van der Waals surface area contributed by atoms with Crippen molar-refractivity contribution in [1.82, 2.24) is 5.32 Å². The molecule has 1 aliphatic carbocycles. The summed E-state index contributed by atoms with van der Waals surface area (Å²) in [6, 6.07) is 15.4. The molecular formula is C24H33NO2. The molecule has 0 aromatic heterocycles. The van der Waals surface area contributed by atoms with Crippen LogP contribution in [0.3, 0.4) is 0 Å². The molecule has 0 aliphatic heterocycles. The molecule has 0 radical (unpaired) electrons. The van der Waals surface area contributed by atoms with Gasteiger partial charge in [0.2, 0.25) is 0 Å². The summed E-state index contributed by atoms with van der Waals surface area (Å²) in [5.74, 6) is 1.65. The average Bonchev–Trinajstić information content (AvgIpc) is 2.96. The quantitative estimate of drug-likeness (QED) is 0.599. The number of benzene rings is 2. The molecule has 1 aliphatic rings. The van der Waals surface area contributed by atoms with E-state index in [0.717, 1.165) is 18.0 Å². The standard InChI is InChI=1S/C24H33NO2/c1-3-26-24-16-21(17-25-22-8-6-4-5-7-9-22)14-15-23(24)27-18-20-12-10-19(2)11-13-20/h10-16,22,25H,3-9,17-18H2,1-2H3. The maximum atomic E-state index is 6.04. The van der Waals surface area contributed by atoms with Crippen LogP contribution < -0.4 is 14.8 Å². The molecule has 27 heavy (non-hydrogen) atoms. The highest BCUT2D eigenvalue weighted by atomic mass is 16.5. The number of nitrogens with one attached hydrogen (secondary N) is 1. The zero-order chi connectivity index (χ0) is 18.9. The Kier molecular flexibility index (Phi) is 7.58. The second-order valence-electron chi connectivity index (χ2n) is 7.56. The lowest BCUT2D eigenvalue weighted by molar-refractivity contribution is 0.269. The van der Waals surface area contributed by atoms with Gasteiger partial charge in [0.1, 0.15) is 6.61 Å². The minimum absolute atomic E-state index is 0.556. The van der Waals surface area contributed by atoms with Gasteiger partial charge < -0.3 is 14.8 Å². The van der Waals surface area contributed by atoms with E-state index in [2.05, 4.69) is 48.6 Å². The maximum Gasteiger partial charge on any atom is 0.161 e. The Bertz CT molecular complexity index is 688. The molecule has 0 spiro atoms. The summed E-state index contributed by atoms with van der Waals surface area (Å²) in [6.45, 7) is 6.20. The number of hydrogen-bond donors (Lipinski definition) is 1. The molecule has 0 bridgehead atoms. The van der Waals surface area contributed by atoms with E-state index >= 15 is 0 Å². The van der Waals surface area contributed by atoms with Gasteiger partial charge in [-0.15, -0.1) is 0 Å². The van der Waals surface area contributed by atoms with E-state index in [4.69, 9.17) is 9.47 Å². The van der Waals surface area contributed by atoms with E-state index in [1.54, 1.807) is 0 Å². The molecule has 0 amide bonds. The van der Waals surface area contributed by atoms with Gasteiger partial charge in [0, 0.05) is 12.6 Å². The first-order valence-electron chi connectivity index (χ1n) is 10.4. The van der Waals surface area contributed by atoms with Crippen LogP contribution in [-0.4, -0.2) is 12.6 Å². The molecule has 146 valence electrons. The molecule has 0 unspecified atom stereocenters. The first-order valence-corrected chi connectivity index (χ1v) is 10.4. The van der Waals surface area contributed by atoms with Crippen LogP contribution in [0, 0.1) is 6.92 Å². The third kappa shape index (κ3) is 6.28. The molecule has 2 aromatic rings. The van der Waals surface area contributed by atoms with E-state index in [9.17, 15) is 0 Å². The summed E-state index contributed by atoms with van der Waals surface area (Å²) >= 11 is 0. The molecule has 1 saturated carbocycles. The van der Waals surface area contributed by atoms with Gasteiger partial charge in [-0.05, 0) is 49.9 Å². The van der Waals surface area contributed by atoms with Crippen LogP contribution in [0.4, 0.5) is 0 Å². The first kappa shape index (κ1) is 19.8. The van der Waals surface area contributed by atoms with Gasteiger partial charge in [-0.2, -0.15) is 0 Å². The average molecular weight is 368 g/mol. The third-order valence-electron chi connectivity index (χ3n) is 5.27. The van der Waals surface area contributed by atoms with Crippen molar-refractivity contribution in [1.29, 1.82) is 0 Å². The summed E-state index contributed by atoms with van der Waals surface area (Å²) in [6.07, 6.45) is 8.09. The highest BCUT2D eigenvalue weighted by Crippen LogP contribution is 2.29. The van der Waals surface area contributed by atoms with Crippen molar-refractivity contribution in [2.45, 2.75) is 71.6 Å². The van der Waals surface area contributed by atoms with Crippen LogP contribution in [0.25, 0.3) is 0 Å². The topological polar surface area (TPSA) is 30.5 Å². The Labute approximate surface area is 164 Å². The second-order valence-corrected chi connectivity index (χ2v) is 7.56. The minimum atomic E-state index is 0.556. The monoisotopic (exact) mass is 367 g/mol. The zero-order valence-electron chi connectivity index (χ0n) is 16.8. The molecule has 2 aromatic carbocycles. The highest BCUT2D eigenvalue weighted by Gasteiger charge is 2.12. The number of ether oxygens (including phenoxy) is 2. The Morgan fingerprint density at radius 2 is 1.56 bits per heavy atom. The van der Waals surface area contributed by atoms with Crippen molar-refractivity contribution in [3.8, 4) is 11.5 Å². The molecular weight excluding hydrogens is 334 g/mol. The molecule has 1 fully saturated rings. The molecule has 1 N–H and O–H groups in total. The Morgan fingerprint density at radius 3 is 2.26 bits per heavy atom. The van der Waals surface area contributed by atoms with Crippen molar-refractivity contribution in [3.05, 3.63) is 59.2 Å². The fourth-order valence-electron chi connectivity index (χ4n) is 3.64. The first-order chi connectivity index (χ1) is 13.2. The van der Waals surface area contributed by atoms with Crippen molar-refractivity contribution < 1.29 is 9.47 Å². The number of rotatable bonds is 8. The Morgan fingerprint density at radius 1 is 0.852 bits per heavy atom. The lowest BCUT2D eigenvalue weighted by Gasteiger charge is -2.18. The van der Waals surface area contributed by atoms with E-state index in [1.807, 2.05) is 13.0 Å². The summed E-state index contributed by atoms with van der Waals surface area (Å²) < 4.78 is 11.9. The molecule has 3 heteroatoms. The van der Waals surface area contributed by atoms with E-state index in [-0.39, 0.29) is 0 Å². The van der Waals surface area contributed by atoms with Crippen LogP contribution >= 0.6 is 0 Å². The highest BCUT2D eigenvalue weighted by molar-refractivity contribution is 5.43. The van der Waals surface area contributed by atoms with E-state index < -0.39 is 0 Å². The summed E-state index contributed by atoms with van der Waals surface area (Å²) in [5.41, 5.74) is 3.69. The van der Waals surface area contributed by atoms with Crippen molar-refractivity contribution in [3.63, 3.8) is 0 Å². The van der Waals surface area contributed by atoms with Gasteiger partial charge in [0.15, 0.2) is 11.5 Å². The van der Waals surface area contributed by atoms with Crippen molar-refractivity contribution in [2.24, 2.45) is 0 Å². The normalized spacial score (nSPS) is 15.3. The van der Waals surface area contributed by atoms with Gasteiger partial charge in [0.25, 0.3) is 0 Å². The Balaban J connectivity index is 1.60. The van der Waals surface area contributed by atoms with Gasteiger partial charge >= 0.3 is 0 Å². The lowest BCUT2D eigenvalue weighted by Crippen LogP contribution is -2.27. The van der Waals surface area contributed by atoms with E-state index in [1.165, 1.54) is 55.2 Å². The van der Waals surface area contributed by atoms with Crippen molar-refractivity contribution in [2.75, 3.05) is 6.61 Å². The predicted octanol–water partition coefficient (Wildman–Crippen LogP) is 5.79. The summed E-state index contributed by atoms with van der Waals surface area (Å²) in [4.78, 5) is 0. The van der Waals surface area contributed by atoms with Gasteiger partial charge in [-0.3, -0.25) is 0 Å².